The van der Waals surface area contributed by atoms with Crippen molar-refractivity contribution in [1.29, 1.82) is 10.5 Å². The van der Waals surface area contributed by atoms with Gasteiger partial charge in [-0.05, 0) is 61.7 Å². The van der Waals surface area contributed by atoms with Crippen molar-refractivity contribution in [1.82, 2.24) is 0 Å². The van der Waals surface area contributed by atoms with Gasteiger partial charge in [0.25, 0.3) is 0 Å². The fourth-order valence-electron chi connectivity index (χ4n) is 2.11. The van der Waals surface area contributed by atoms with Crippen molar-refractivity contribution in [3.05, 3.63) is 58.1 Å². The summed E-state index contributed by atoms with van der Waals surface area (Å²) in [5.74, 6) is 1.23. The van der Waals surface area contributed by atoms with Gasteiger partial charge in [-0.25, -0.2) is 0 Å². The average Bonchev–Trinajstić information content (AvgIpc) is 2.43. The third kappa shape index (κ3) is 2.63. The van der Waals surface area contributed by atoms with E-state index < -0.39 is 0 Å². The quantitative estimate of drug-likeness (QED) is 0.817. The molecule has 0 saturated heterocycles. The van der Waals surface area contributed by atoms with E-state index in [0.717, 1.165) is 16.7 Å². The molecule has 2 aromatic carbocycles. The highest BCUT2D eigenvalue weighted by Gasteiger charge is 2.10. The van der Waals surface area contributed by atoms with E-state index in [0.29, 0.717) is 22.6 Å². The maximum Gasteiger partial charge on any atom is 0.145 e. The van der Waals surface area contributed by atoms with Crippen molar-refractivity contribution in [2.45, 2.75) is 20.8 Å². The summed E-state index contributed by atoms with van der Waals surface area (Å²) in [6, 6.07) is 13.3. The molecule has 0 aliphatic heterocycles. The second kappa shape index (κ2) is 5.47. The largest absolute Gasteiger partial charge is 0.455 e. The number of benzene rings is 2. The molecular weight excluding hydrogens is 248 g/mol. The van der Waals surface area contributed by atoms with Gasteiger partial charge < -0.3 is 4.74 Å². The van der Waals surface area contributed by atoms with E-state index in [4.69, 9.17) is 15.3 Å². The molecule has 0 bridgehead atoms. The molecule has 0 aliphatic rings. The Kier molecular flexibility index (Phi) is 3.73. The monoisotopic (exact) mass is 262 g/mol. The van der Waals surface area contributed by atoms with Crippen molar-refractivity contribution in [2.24, 2.45) is 0 Å². The molecular formula is C17H14N2O. The lowest BCUT2D eigenvalue weighted by Crippen LogP contribution is -1.95. The van der Waals surface area contributed by atoms with Crippen LogP contribution in [0.2, 0.25) is 0 Å². The molecule has 20 heavy (non-hydrogen) atoms. The number of aryl methyl sites for hydroxylation is 3. The molecule has 0 heterocycles. The normalized spacial score (nSPS) is 9.65. The molecule has 0 aromatic heterocycles. The summed E-state index contributed by atoms with van der Waals surface area (Å²) in [5, 5.41) is 18.1. The van der Waals surface area contributed by atoms with Crippen LogP contribution < -0.4 is 4.74 Å². The number of hydrogen-bond acceptors (Lipinski definition) is 3. The molecule has 0 unspecified atom stereocenters. The summed E-state index contributed by atoms with van der Waals surface area (Å²) in [6.45, 7) is 5.72. The van der Waals surface area contributed by atoms with E-state index in [1.54, 1.807) is 24.3 Å². The molecule has 2 aromatic rings. The van der Waals surface area contributed by atoms with Gasteiger partial charge in [0.1, 0.15) is 17.6 Å². The zero-order valence-electron chi connectivity index (χ0n) is 11.7. The Hall–Kier alpha value is -2.78. The first-order valence-electron chi connectivity index (χ1n) is 6.25. The summed E-state index contributed by atoms with van der Waals surface area (Å²) in [5.41, 5.74) is 3.89. The molecule has 3 nitrogen and oxygen atoms in total. The molecule has 2 rings (SSSR count). The Morgan fingerprint density at radius 2 is 1.55 bits per heavy atom. The van der Waals surface area contributed by atoms with Crippen LogP contribution in [0.15, 0.2) is 30.3 Å². The molecule has 0 spiro atoms. The van der Waals surface area contributed by atoms with E-state index in [9.17, 15) is 0 Å². The van der Waals surface area contributed by atoms with Crippen molar-refractivity contribution < 1.29 is 4.74 Å². The minimum atomic E-state index is 0.508. The van der Waals surface area contributed by atoms with Crippen LogP contribution in [0.25, 0.3) is 0 Å². The molecule has 0 atom stereocenters. The minimum absolute atomic E-state index is 0.508. The van der Waals surface area contributed by atoms with Crippen molar-refractivity contribution in [2.75, 3.05) is 0 Å². The maximum absolute atomic E-state index is 9.17. The molecule has 0 radical (unpaired) electrons. The number of ether oxygens (including phenoxy) is 1. The van der Waals surface area contributed by atoms with E-state index in [2.05, 4.69) is 12.1 Å². The Morgan fingerprint density at radius 1 is 0.900 bits per heavy atom. The van der Waals surface area contributed by atoms with Gasteiger partial charge >= 0.3 is 0 Å². The second-order valence-electron chi connectivity index (χ2n) is 4.76. The van der Waals surface area contributed by atoms with Crippen LogP contribution in [0.5, 0.6) is 11.5 Å². The van der Waals surface area contributed by atoms with Gasteiger partial charge in [0.15, 0.2) is 0 Å². The molecule has 0 N–H and O–H groups in total. The van der Waals surface area contributed by atoms with Crippen LogP contribution in [-0.4, -0.2) is 0 Å². The van der Waals surface area contributed by atoms with Gasteiger partial charge in [0.2, 0.25) is 0 Å². The van der Waals surface area contributed by atoms with Crippen LogP contribution in [0.3, 0.4) is 0 Å². The van der Waals surface area contributed by atoms with Gasteiger partial charge in [-0.1, -0.05) is 6.07 Å². The topological polar surface area (TPSA) is 56.8 Å². The lowest BCUT2D eigenvalue weighted by atomic mass is 10.1. The predicted molar refractivity (Wildman–Crippen MR) is 76.6 cm³/mol. The minimum Gasteiger partial charge on any atom is -0.455 e. The summed E-state index contributed by atoms with van der Waals surface area (Å²) in [7, 11) is 0. The van der Waals surface area contributed by atoms with Crippen LogP contribution in [0.1, 0.15) is 27.8 Å². The van der Waals surface area contributed by atoms with Gasteiger partial charge in [0.05, 0.1) is 17.2 Å². The highest BCUT2D eigenvalue weighted by molar-refractivity contribution is 5.52. The smallest absolute Gasteiger partial charge is 0.145 e. The first-order chi connectivity index (χ1) is 9.55. The van der Waals surface area contributed by atoms with Crippen LogP contribution >= 0.6 is 0 Å². The van der Waals surface area contributed by atoms with Crippen LogP contribution in [-0.2, 0) is 0 Å². The summed E-state index contributed by atoms with van der Waals surface area (Å²) >= 11 is 0. The van der Waals surface area contributed by atoms with Crippen molar-refractivity contribution in [3.63, 3.8) is 0 Å². The van der Waals surface area contributed by atoms with E-state index in [-0.39, 0.29) is 0 Å². The Labute approximate surface area is 118 Å². The number of nitrogens with zero attached hydrogens (tertiary/aromatic N) is 2. The third-order valence-corrected chi connectivity index (χ3v) is 3.06. The predicted octanol–water partition coefficient (Wildman–Crippen LogP) is 4.15. The zero-order valence-corrected chi connectivity index (χ0v) is 11.7. The van der Waals surface area contributed by atoms with E-state index in [1.807, 2.05) is 26.8 Å². The highest BCUT2D eigenvalue weighted by Crippen LogP contribution is 2.31. The summed E-state index contributed by atoms with van der Waals surface area (Å²) < 4.78 is 5.88. The van der Waals surface area contributed by atoms with Crippen molar-refractivity contribution >= 4 is 0 Å². The average molecular weight is 262 g/mol. The fourth-order valence-corrected chi connectivity index (χ4v) is 2.11. The molecule has 0 saturated carbocycles. The standard InChI is InChI=1S/C17H14N2O/c1-11-4-5-16(15(6-11)10-19)20-17-12(2)7-14(9-18)8-13(17)3/h4-8H,1-3H3. The Balaban J connectivity index is 2.46. The fraction of sp³-hybridized carbons (Fsp3) is 0.176. The first kappa shape index (κ1) is 13.6. The summed E-state index contributed by atoms with van der Waals surface area (Å²) in [6.07, 6.45) is 0. The zero-order chi connectivity index (χ0) is 14.7. The SMILES string of the molecule is Cc1ccc(Oc2c(C)cc(C#N)cc2C)c(C#N)c1. The van der Waals surface area contributed by atoms with Crippen molar-refractivity contribution in [3.8, 4) is 23.6 Å². The third-order valence-electron chi connectivity index (χ3n) is 3.06. The first-order valence-corrected chi connectivity index (χ1v) is 6.25. The molecule has 98 valence electrons. The lowest BCUT2D eigenvalue weighted by molar-refractivity contribution is 0.473. The Bertz CT molecular complexity index is 726. The van der Waals surface area contributed by atoms with Gasteiger partial charge in [-0.2, -0.15) is 10.5 Å². The van der Waals surface area contributed by atoms with Gasteiger partial charge in [-0.3, -0.25) is 0 Å². The second-order valence-corrected chi connectivity index (χ2v) is 4.76. The lowest BCUT2D eigenvalue weighted by Gasteiger charge is -2.13. The molecule has 0 amide bonds. The highest BCUT2D eigenvalue weighted by atomic mass is 16.5. The number of rotatable bonds is 2. The van der Waals surface area contributed by atoms with Gasteiger partial charge in [0, 0.05) is 0 Å². The van der Waals surface area contributed by atoms with E-state index in [1.165, 1.54) is 0 Å². The van der Waals surface area contributed by atoms with Crippen LogP contribution in [0.4, 0.5) is 0 Å². The van der Waals surface area contributed by atoms with E-state index >= 15 is 0 Å². The maximum atomic E-state index is 9.17. The Morgan fingerprint density at radius 3 is 2.10 bits per heavy atom. The number of nitriles is 2. The summed E-state index contributed by atoms with van der Waals surface area (Å²) in [4.78, 5) is 0. The number of hydrogen-bond donors (Lipinski definition) is 0. The molecule has 0 aliphatic carbocycles. The van der Waals surface area contributed by atoms with Gasteiger partial charge in [-0.15, -0.1) is 0 Å². The van der Waals surface area contributed by atoms with Crippen LogP contribution in [0, 0.1) is 43.4 Å². The molecule has 3 heteroatoms. The molecule has 0 fully saturated rings.